The molecule has 0 aliphatic heterocycles. The minimum absolute atomic E-state index is 0.0293. The van der Waals surface area contributed by atoms with Gasteiger partial charge in [0.25, 0.3) is 11.5 Å². The van der Waals surface area contributed by atoms with Crippen LogP contribution in [-0.2, 0) is 23.8 Å². The highest BCUT2D eigenvalue weighted by atomic mass is 19.4. The monoisotopic (exact) mass is 712 g/mol. The summed E-state index contributed by atoms with van der Waals surface area (Å²) in [6, 6.07) is 9.36. The number of aromatic nitrogens is 4. The van der Waals surface area contributed by atoms with Crippen molar-refractivity contribution >= 4 is 23.3 Å². The molecule has 0 saturated heterocycles. The molecule has 0 spiro atoms. The molecule has 268 valence electrons. The third-order valence-electron chi connectivity index (χ3n) is 6.86. The maximum absolute atomic E-state index is 13.9. The zero-order valence-corrected chi connectivity index (χ0v) is 26.8. The minimum atomic E-state index is -6.58. The van der Waals surface area contributed by atoms with Gasteiger partial charge in [0, 0.05) is 41.0 Å². The molecule has 5 N–H and O–H groups in total. The van der Waals surface area contributed by atoms with E-state index in [0.29, 0.717) is 11.1 Å². The first-order valence-corrected chi connectivity index (χ1v) is 14.8. The van der Waals surface area contributed by atoms with Crippen LogP contribution >= 0.6 is 0 Å². The number of nitrogens with one attached hydrogen (secondary N) is 3. The fraction of sp³-hybridized carbons (Fsp3) is 0.355. The van der Waals surface area contributed by atoms with E-state index in [1.807, 2.05) is 0 Å². The number of carbonyl (C=O) groups is 2. The minimum Gasteiger partial charge on any atom is -0.399 e. The normalized spacial score (nSPS) is 12.3. The van der Waals surface area contributed by atoms with Gasteiger partial charge in [0.15, 0.2) is 5.82 Å². The predicted molar refractivity (Wildman–Crippen MR) is 166 cm³/mol. The number of amides is 2. The van der Waals surface area contributed by atoms with Gasteiger partial charge in [-0.3, -0.25) is 19.0 Å². The smallest absolute Gasteiger partial charge is 0.399 e. The maximum Gasteiger partial charge on any atom is 0.460 e. The number of anilines is 2. The Kier molecular flexibility index (Phi) is 10.6. The van der Waals surface area contributed by atoms with E-state index >= 15 is 0 Å². The second-order valence-electron chi connectivity index (χ2n) is 11.7. The average Bonchev–Trinajstić information content (AvgIpc) is 3.52. The van der Waals surface area contributed by atoms with Crippen molar-refractivity contribution in [3.8, 4) is 22.6 Å². The van der Waals surface area contributed by atoms with Gasteiger partial charge in [-0.15, -0.1) is 0 Å². The number of hydrogen-bond acceptors (Lipinski definition) is 9. The standard InChI is InChI=1S/C31H31F7N8O4/c1-15(2)42-25-27(49)46(22(13-41-25)19-9-20(11-21(39)10-19)26(48)43-16(3)4)14-23(47)40-12-17-5-7-18(8-6-17)24-44-28(50-45-24)29(32,33)30(34,35)31(36,37)38/h5-11,13,15-16H,12,14,39H2,1-4H3,(H,40,47)(H,41,42)(H,43,48). The maximum atomic E-state index is 13.9. The molecule has 0 aliphatic rings. The molecule has 19 heteroatoms. The summed E-state index contributed by atoms with van der Waals surface area (Å²) in [6.45, 7) is 6.53. The molecule has 2 heterocycles. The van der Waals surface area contributed by atoms with Crippen LogP contribution in [0.5, 0.6) is 0 Å². The summed E-state index contributed by atoms with van der Waals surface area (Å²) in [5, 5.41) is 11.4. The number of alkyl halides is 7. The second kappa shape index (κ2) is 14.2. The van der Waals surface area contributed by atoms with Crippen molar-refractivity contribution in [3.05, 3.63) is 76.0 Å². The lowest BCUT2D eigenvalue weighted by molar-refractivity contribution is -0.364. The Hall–Kier alpha value is -5.49. The number of carbonyl (C=O) groups excluding carboxylic acids is 2. The predicted octanol–water partition coefficient (Wildman–Crippen LogP) is 5.11. The Balaban J connectivity index is 1.53. The van der Waals surface area contributed by atoms with E-state index < -0.39 is 53.7 Å². The SMILES string of the molecule is CC(C)NC(=O)c1cc(N)cc(-c2cnc(NC(C)C)c(=O)n2CC(=O)NCc2ccc(-c3noc(C(F)(F)C(F)(F)C(F)(F)F)n3)cc2)c1. The topological polar surface area (TPSA) is 170 Å². The van der Waals surface area contributed by atoms with Gasteiger partial charge in [0.1, 0.15) is 6.54 Å². The fourth-order valence-corrected chi connectivity index (χ4v) is 4.48. The summed E-state index contributed by atoms with van der Waals surface area (Å²) in [4.78, 5) is 46.5. The molecule has 4 aromatic rings. The molecule has 2 aromatic carbocycles. The van der Waals surface area contributed by atoms with E-state index in [1.54, 1.807) is 27.7 Å². The van der Waals surface area contributed by atoms with E-state index in [-0.39, 0.29) is 47.0 Å². The number of nitrogen functional groups attached to an aromatic ring is 1. The molecule has 4 rings (SSSR count). The first kappa shape index (κ1) is 37.3. The van der Waals surface area contributed by atoms with Gasteiger partial charge < -0.3 is 26.2 Å². The highest BCUT2D eigenvalue weighted by molar-refractivity contribution is 5.96. The molecule has 0 atom stereocenters. The highest BCUT2D eigenvalue weighted by Gasteiger charge is 2.76. The highest BCUT2D eigenvalue weighted by Crippen LogP contribution is 2.51. The van der Waals surface area contributed by atoms with Crippen LogP contribution in [0.25, 0.3) is 22.6 Å². The van der Waals surface area contributed by atoms with Crippen LogP contribution in [0.2, 0.25) is 0 Å². The van der Waals surface area contributed by atoms with Crippen molar-refractivity contribution in [2.75, 3.05) is 11.1 Å². The number of nitrogens with two attached hydrogens (primary N) is 1. The van der Waals surface area contributed by atoms with Crippen LogP contribution in [0.1, 0.15) is 49.5 Å². The lowest BCUT2D eigenvalue weighted by Gasteiger charge is -2.25. The zero-order chi connectivity index (χ0) is 37.2. The van der Waals surface area contributed by atoms with E-state index in [1.165, 1.54) is 48.7 Å². The number of benzene rings is 2. The Labute approximate surface area is 279 Å². The van der Waals surface area contributed by atoms with Crippen molar-refractivity contribution in [2.24, 2.45) is 0 Å². The van der Waals surface area contributed by atoms with Crippen molar-refractivity contribution in [3.63, 3.8) is 0 Å². The first-order chi connectivity index (χ1) is 23.2. The van der Waals surface area contributed by atoms with E-state index in [0.717, 1.165) is 4.57 Å². The van der Waals surface area contributed by atoms with Gasteiger partial charge in [-0.05, 0) is 51.5 Å². The molecule has 2 amide bonds. The van der Waals surface area contributed by atoms with Gasteiger partial charge in [0.2, 0.25) is 11.7 Å². The molecule has 0 unspecified atom stereocenters. The summed E-state index contributed by atoms with van der Waals surface area (Å²) in [7, 11) is 0. The van der Waals surface area contributed by atoms with Crippen LogP contribution in [0.3, 0.4) is 0 Å². The van der Waals surface area contributed by atoms with Crippen molar-refractivity contribution < 1.29 is 44.8 Å². The Morgan fingerprint density at radius 2 is 1.60 bits per heavy atom. The summed E-state index contributed by atoms with van der Waals surface area (Å²) in [5.41, 5.74) is 6.76. The Bertz CT molecular complexity index is 1920. The number of halogens is 7. The van der Waals surface area contributed by atoms with Gasteiger partial charge in [-0.25, -0.2) is 4.98 Å². The zero-order valence-electron chi connectivity index (χ0n) is 26.8. The van der Waals surface area contributed by atoms with Crippen LogP contribution in [0.15, 0.2) is 58.0 Å². The van der Waals surface area contributed by atoms with E-state index in [4.69, 9.17) is 5.73 Å². The van der Waals surface area contributed by atoms with Gasteiger partial charge in [-0.2, -0.15) is 35.7 Å². The van der Waals surface area contributed by atoms with E-state index in [2.05, 4.69) is 35.6 Å². The molecule has 0 fully saturated rings. The lowest BCUT2D eigenvalue weighted by atomic mass is 10.1. The summed E-state index contributed by atoms with van der Waals surface area (Å²) in [5.74, 6) is -16.3. The van der Waals surface area contributed by atoms with Crippen molar-refractivity contribution in [1.29, 1.82) is 0 Å². The van der Waals surface area contributed by atoms with Gasteiger partial charge >= 0.3 is 23.9 Å². The molecule has 50 heavy (non-hydrogen) atoms. The molecule has 0 radical (unpaired) electrons. The molecule has 2 aromatic heterocycles. The summed E-state index contributed by atoms with van der Waals surface area (Å²) >= 11 is 0. The average molecular weight is 713 g/mol. The molecule has 0 saturated carbocycles. The van der Waals surface area contributed by atoms with Gasteiger partial charge in [0.05, 0.1) is 11.9 Å². The van der Waals surface area contributed by atoms with Crippen molar-refractivity contribution in [1.82, 2.24) is 30.3 Å². The number of nitrogens with zero attached hydrogens (tertiary/aromatic N) is 4. The lowest BCUT2D eigenvalue weighted by Crippen LogP contribution is -2.50. The molecule has 0 bridgehead atoms. The quantitative estimate of drug-likeness (QED) is 0.115. The molecule has 0 aliphatic carbocycles. The molecular weight excluding hydrogens is 681 g/mol. The Morgan fingerprint density at radius 1 is 0.940 bits per heavy atom. The summed E-state index contributed by atoms with van der Waals surface area (Å²) in [6.07, 6.45) is -5.22. The van der Waals surface area contributed by atoms with Crippen LogP contribution in [0.4, 0.5) is 42.2 Å². The van der Waals surface area contributed by atoms with Crippen LogP contribution in [0, 0.1) is 0 Å². The largest absolute Gasteiger partial charge is 0.460 e. The fourth-order valence-electron chi connectivity index (χ4n) is 4.48. The number of rotatable bonds is 12. The third-order valence-corrected chi connectivity index (χ3v) is 6.86. The van der Waals surface area contributed by atoms with Crippen LogP contribution < -0.4 is 27.2 Å². The molecular formula is C31H31F7N8O4. The van der Waals surface area contributed by atoms with Gasteiger partial charge in [-0.1, -0.05) is 29.4 Å². The second-order valence-corrected chi connectivity index (χ2v) is 11.7. The Morgan fingerprint density at radius 3 is 2.20 bits per heavy atom. The first-order valence-electron chi connectivity index (χ1n) is 14.8. The van der Waals surface area contributed by atoms with Crippen LogP contribution in [-0.4, -0.2) is 55.7 Å². The number of hydrogen-bond donors (Lipinski definition) is 4. The van der Waals surface area contributed by atoms with E-state index in [9.17, 15) is 45.1 Å². The molecule has 12 nitrogen and oxygen atoms in total. The third kappa shape index (κ3) is 8.03. The summed E-state index contributed by atoms with van der Waals surface area (Å²) < 4.78 is 97.3. The van der Waals surface area contributed by atoms with Crippen molar-refractivity contribution in [2.45, 2.75) is 70.9 Å².